The van der Waals surface area contributed by atoms with Crippen LogP contribution in [-0.4, -0.2) is 4.57 Å². The van der Waals surface area contributed by atoms with E-state index in [9.17, 15) is 0 Å². The molecule has 0 N–H and O–H groups in total. The zero-order valence-corrected chi connectivity index (χ0v) is 27.8. The van der Waals surface area contributed by atoms with Crippen molar-refractivity contribution >= 4 is 60.8 Å². The second-order valence-electron chi connectivity index (χ2n) is 12.9. The van der Waals surface area contributed by atoms with Crippen molar-refractivity contribution in [3.63, 3.8) is 0 Å². The first-order chi connectivity index (χ1) is 25.3. The van der Waals surface area contributed by atoms with E-state index in [4.69, 9.17) is 4.42 Å². The standard InChI is InChI=1S/C48H32N2O/c1-3-14-33(15-4-1)38-18-7-8-19-39(38)34-26-28-36(29-27-34)49(45-24-13-22-43-42-21-10-12-25-47(42)51-48(43)45)37-30-31-41-40-20-9-11-23-44(40)50(46(41)32-37)35-16-5-2-6-17-35/h1-32H. The Morgan fingerprint density at radius 3 is 1.76 bits per heavy atom. The summed E-state index contributed by atoms with van der Waals surface area (Å²) >= 11 is 0. The molecule has 240 valence electrons. The van der Waals surface area contributed by atoms with Crippen molar-refractivity contribution < 1.29 is 4.42 Å². The number of fused-ring (bicyclic) bond motifs is 6. The van der Waals surface area contributed by atoms with Crippen LogP contribution in [0.3, 0.4) is 0 Å². The number of nitrogens with zero attached hydrogens (tertiary/aromatic N) is 2. The van der Waals surface area contributed by atoms with Gasteiger partial charge < -0.3 is 13.9 Å². The molecule has 0 aliphatic carbocycles. The minimum atomic E-state index is 0.862. The van der Waals surface area contributed by atoms with Gasteiger partial charge >= 0.3 is 0 Å². The molecule has 3 nitrogen and oxygen atoms in total. The van der Waals surface area contributed by atoms with Crippen molar-refractivity contribution in [2.24, 2.45) is 0 Å². The molecule has 0 bridgehead atoms. The molecule has 3 heteroatoms. The van der Waals surface area contributed by atoms with E-state index < -0.39 is 0 Å². The molecule has 0 saturated heterocycles. The van der Waals surface area contributed by atoms with Gasteiger partial charge in [0, 0.05) is 38.6 Å². The van der Waals surface area contributed by atoms with Crippen molar-refractivity contribution in [2.45, 2.75) is 0 Å². The van der Waals surface area contributed by atoms with Gasteiger partial charge in [-0.05, 0) is 76.9 Å². The summed E-state index contributed by atoms with van der Waals surface area (Å²) in [5, 5.41) is 4.66. The van der Waals surface area contributed by atoms with Crippen LogP contribution >= 0.6 is 0 Å². The fraction of sp³-hybridized carbons (Fsp3) is 0. The van der Waals surface area contributed by atoms with Gasteiger partial charge in [-0.25, -0.2) is 0 Å². The maximum atomic E-state index is 6.65. The van der Waals surface area contributed by atoms with Gasteiger partial charge in [0.25, 0.3) is 0 Å². The summed E-state index contributed by atoms with van der Waals surface area (Å²) in [5.74, 6) is 0. The first-order valence-corrected chi connectivity index (χ1v) is 17.4. The van der Waals surface area contributed by atoms with Crippen LogP contribution in [0.1, 0.15) is 0 Å². The maximum Gasteiger partial charge on any atom is 0.159 e. The fourth-order valence-corrected chi connectivity index (χ4v) is 7.68. The van der Waals surface area contributed by atoms with Gasteiger partial charge in [0.15, 0.2) is 5.58 Å². The van der Waals surface area contributed by atoms with Gasteiger partial charge in [0.05, 0.1) is 16.7 Å². The number of furan rings is 1. The van der Waals surface area contributed by atoms with E-state index in [1.165, 1.54) is 38.5 Å². The Bertz CT molecular complexity index is 2850. The third-order valence-corrected chi connectivity index (χ3v) is 10.0. The van der Waals surface area contributed by atoms with Crippen LogP contribution in [-0.2, 0) is 0 Å². The molecule has 0 amide bonds. The monoisotopic (exact) mass is 652 g/mol. The summed E-state index contributed by atoms with van der Waals surface area (Å²) < 4.78 is 9.02. The van der Waals surface area contributed by atoms with Crippen LogP contribution in [0.15, 0.2) is 199 Å². The van der Waals surface area contributed by atoms with Crippen LogP contribution in [0.4, 0.5) is 17.1 Å². The number of rotatable bonds is 6. The molecule has 8 aromatic carbocycles. The van der Waals surface area contributed by atoms with Crippen molar-refractivity contribution in [2.75, 3.05) is 4.90 Å². The second kappa shape index (κ2) is 11.9. The number of anilines is 3. The number of hydrogen-bond acceptors (Lipinski definition) is 2. The normalized spacial score (nSPS) is 11.5. The number of para-hydroxylation sites is 4. The zero-order chi connectivity index (χ0) is 33.7. The smallest absolute Gasteiger partial charge is 0.159 e. The second-order valence-corrected chi connectivity index (χ2v) is 12.9. The summed E-state index contributed by atoms with van der Waals surface area (Å²) in [7, 11) is 0. The Kier molecular flexibility index (Phi) is 6.81. The van der Waals surface area contributed by atoms with E-state index in [0.29, 0.717) is 0 Å². The van der Waals surface area contributed by atoms with Crippen LogP contribution < -0.4 is 4.90 Å². The molecule has 0 aliphatic rings. The third kappa shape index (κ3) is 4.82. The van der Waals surface area contributed by atoms with E-state index in [0.717, 1.165) is 50.2 Å². The quantitative estimate of drug-likeness (QED) is 0.178. The molecule has 2 heterocycles. The lowest BCUT2D eigenvalue weighted by Crippen LogP contribution is -2.10. The highest BCUT2D eigenvalue weighted by Crippen LogP contribution is 2.44. The molecule has 0 aliphatic heterocycles. The molecule has 0 unspecified atom stereocenters. The van der Waals surface area contributed by atoms with Gasteiger partial charge in [0.1, 0.15) is 5.58 Å². The largest absolute Gasteiger partial charge is 0.454 e. The van der Waals surface area contributed by atoms with Crippen molar-refractivity contribution in [1.82, 2.24) is 4.57 Å². The Labute approximate surface area is 295 Å². The molecule has 0 fully saturated rings. The highest BCUT2D eigenvalue weighted by Gasteiger charge is 2.21. The molecule has 0 atom stereocenters. The summed E-state index contributed by atoms with van der Waals surface area (Å²) in [6.07, 6.45) is 0. The SMILES string of the molecule is c1ccc(-c2ccccc2-c2ccc(N(c3ccc4c5ccccc5n(-c5ccccc5)c4c3)c3cccc4c3oc3ccccc34)cc2)cc1. The molecule has 0 saturated carbocycles. The molecule has 51 heavy (non-hydrogen) atoms. The molecule has 10 rings (SSSR count). The van der Waals surface area contributed by atoms with Crippen LogP contribution in [0.25, 0.3) is 71.7 Å². The van der Waals surface area contributed by atoms with Crippen molar-refractivity contribution in [3.8, 4) is 27.9 Å². The summed E-state index contributed by atoms with van der Waals surface area (Å²) in [6, 6.07) is 69.1. The Morgan fingerprint density at radius 2 is 0.980 bits per heavy atom. The van der Waals surface area contributed by atoms with E-state index in [1.54, 1.807) is 0 Å². The number of hydrogen-bond donors (Lipinski definition) is 0. The molecule has 0 radical (unpaired) electrons. The van der Waals surface area contributed by atoms with E-state index in [2.05, 4.69) is 191 Å². The first-order valence-electron chi connectivity index (χ1n) is 17.4. The molecular weight excluding hydrogens is 621 g/mol. The van der Waals surface area contributed by atoms with Gasteiger partial charge in [-0.3, -0.25) is 0 Å². The zero-order valence-electron chi connectivity index (χ0n) is 27.8. The number of aromatic nitrogens is 1. The predicted octanol–water partition coefficient (Wildman–Crippen LogP) is 13.5. The third-order valence-electron chi connectivity index (χ3n) is 10.0. The van der Waals surface area contributed by atoms with Crippen LogP contribution in [0.5, 0.6) is 0 Å². The molecule has 0 spiro atoms. The van der Waals surface area contributed by atoms with Gasteiger partial charge in [-0.15, -0.1) is 0 Å². The fourth-order valence-electron chi connectivity index (χ4n) is 7.68. The van der Waals surface area contributed by atoms with Gasteiger partial charge in [-0.2, -0.15) is 0 Å². The van der Waals surface area contributed by atoms with E-state index in [-0.39, 0.29) is 0 Å². The Balaban J connectivity index is 1.19. The number of benzene rings is 8. The summed E-state index contributed by atoms with van der Waals surface area (Å²) in [5.41, 5.74) is 13.1. The Morgan fingerprint density at radius 1 is 0.392 bits per heavy atom. The van der Waals surface area contributed by atoms with E-state index in [1.807, 2.05) is 12.1 Å². The lowest BCUT2D eigenvalue weighted by Gasteiger charge is -2.26. The van der Waals surface area contributed by atoms with E-state index >= 15 is 0 Å². The average molecular weight is 653 g/mol. The van der Waals surface area contributed by atoms with Crippen molar-refractivity contribution in [3.05, 3.63) is 194 Å². The lowest BCUT2D eigenvalue weighted by atomic mass is 9.94. The van der Waals surface area contributed by atoms with Gasteiger partial charge in [-0.1, -0.05) is 140 Å². The molecule has 2 aromatic heterocycles. The summed E-state index contributed by atoms with van der Waals surface area (Å²) in [4.78, 5) is 2.34. The van der Waals surface area contributed by atoms with Crippen LogP contribution in [0.2, 0.25) is 0 Å². The topological polar surface area (TPSA) is 21.3 Å². The molecule has 10 aromatic rings. The minimum Gasteiger partial charge on any atom is -0.454 e. The minimum absolute atomic E-state index is 0.862. The lowest BCUT2D eigenvalue weighted by molar-refractivity contribution is 0.669. The highest BCUT2D eigenvalue weighted by atomic mass is 16.3. The summed E-state index contributed by atoms with van der Waals surface area (Å²) in [6.45, 7) is 0. The van der Waals surface area contributed by atoms with Crippen LogP contribution in [0, 0.1) is 0 Å². The highest BCUT2D eigenvalue weighted by molar-refractivity contribution is 6.12. The molecular formula is C48H32N2O. The maximum absolute atomic E-state index is 6.65. The average Bonchev–Trinajstić information content (AvgIpc) is 3.75. The predicted molar refractivity (Wildman–Crippen MR) is 214 cm³/mol. The van der Waals surface area contributed by atoms with Gasteiger partial charge in [0.2, 0.25) is 0 Å². The Hall–Kier alpha value is -6.84. The van der Waals surface area contributed by atoms with Crippen molar-refractivity contribution in [1.29, 1.82) is 0 Å². The first kappa shape index (κ1) is 29.1.